The molecule has 1 radical (unpaired) electrons. The van der Waals surface area contributed by atoms with Gasteiger partial charge in [-0.15, -0.1) is 0 Å². The van der Waals surface area contributed by atoms with Gasteiger partial charge in [0.05, 0.1) is 0 Å². The molecule has 0 saturated heterocycles. The monoisotopic (exact) mass is 288 g/mol. The molecule has 1 aliphatic carbocycles. The van der Waals surface area contributed by atoms with Crippen LogP contribution in [-0.4, -0.2) is 34.7 Å². The van der Waals surface area contributed by atoms with Crippen LogP contribution in [0.15, 0.2) is 0 Å². The van der Waals surface area contributed by atoms with E-state index in [1.54, 1.807) is 0 Å². The van der Waals surface area contributed by atoms with Crippen LogP contribution >= 0.6 is 0 Å². The molecule has 0 bridgehead atoms. The molecule has 1 aliphatic rings. The van der Waals surface area contributed by atoms with E-state index in [-0.39, 0.29) is 0 Å². The lowest BCUT2D eigenvalue weighted by atomic mass is 9.96. The van der Waals surface area contributed by atoms with Crippen LogP contribution in [0, 0.1) is 6.54 Å². The van der Waals surface area contributed by atoms with Crippen LogP contribution in [0.3, 0.4) is 0 Å². The molecule has 0 spiro atoms. The van der Waals surface area contributed by atoms with Crippen LogP contribution in [0.25, 0.3) is 0 Å². The molecule has 5 heteroatoms. The van der Waals surface area contributed by atoms with Crippen molar-refractivity contribution in [3.8, 4) is 0 Å². The Morgan fingerprint density at radius 3 is 1.95 bits per heavy atom. The van der Waals surface area contributed by atoms with E-state index >= 15 is 0 Å². The van der Waals surface area contributed by atoms with Crippen molar-refractivity contribution < 1.29 is 13.3 Å². The summed E-state index contributed by atoms with van der Waals surface area (Å²) in [5.74, 6) is 0. The predicted molar refractivity (Wildman–Crippen MR) is 79.7 cm³/mol. The van der Waals surface area contributed by atoms with Crippen LogP contribution in [0.2, 0.25) is 6.04 Å². The summed E-state index contributed by atoms with van der Waals surface area (Å²) in [4.78, 5) is 0. The summed E-state index contributed by atoms with van der Waals surface area (Å²) in [5, 5.41) is 3.52. The summed E-state index contributed by atoms with van der Waals surface area (Å²) in [7, 11) is -2.50. The highest BCUT2D eigenvalue weighted by Crippen LogP contribution is 2.20. The van der Waals surface area contributed by atoms with E-state index in [1.807, 2.05) is 20.8 Å². The lowest BCUT2D eigenvalue weighted by Crippen LogP contribution is -2.47. The third-order valence-electron chi connectivity index (χ3n) is 3.40. The zero-order valence-electron chi connectivity index (χ0n) is 12.7. The molecule has 113 valence electrons. The molecule has 0 aromatic rings. The topological polar surface area (TPSA) is 39.7 Å². The van der Waals surface area contributed by atoms with Gasteiger partial charge in [-0.25, -0.2) is 0 Å². The van der Waals surface area contributed by atoms with Crippen molar-refractivity contribution in [2.45, 2.75) is 65.0 Å². The van der Waals surface area contributed by atoms with Gasteiger partial charge < -0.3 is 18.6 Å². The van der Waals surface area contributed by atoms with Crippen LogP contribution in [0.5, 0.6) is 0 Å². The highest BCUT2D eigenvalue weighted by Gasteiger charge is 2.40. The van der Waals surface area contributed by atoms with E-state index in [1.165, 1.54) is 32.1 Å². The van der Waals surface area contributed by atoms with Crippen molar-refractivity contribution >= 4 is 8.80 Å². The lowest BCUT2D eigenvalue weighted by molar-refractivity contribution is 0.0728. The fourth-order valence-corrected chi connectivity index (χ4v) is 4.87. The minimum Gasteiger partial charge on any atom is -0.374 e. The van der Waals surface area contributed by atoms with Crippen molar-refractivity contribution in [2.24, 2.45) is 0 Å². The molecule has 1 N–H and O–H groups in total. The van der Waals surface area contributed by atoms with Crippen molar-refractivity contribution in [1.29, 1.82) is 0 Å². The Morgan fingerprint density at radius 2 is 1.47 bits per heavy atom. The molecule has 0 heterocycles. The first kappa shape index (κ1) is 17.1. The first-order valence-corrected chi connectivity index (χ1v) is 9.69. The van der Waals surface area contributed by atoms with Crippen LogP contribution in [0.4, 0.5) is 0 Å². The van der Waals surface area contributed by atoms with E-state index in [4.69, 9.17) is 13.3 Å². The maximum atomic E-state index is 5.82. The van der Waals surface area contributed by atoms with Gasteiger partial charge in [0.2, 0.25) is 0 Å². The van der Waals surface area contributed by atoms with Gasteiger partial charge in [0.25, 0.3) is 0 Å². The van der Waals surface area contributed by atoms with Gasteiger partial charge in [-0.05, 0) is 33.6 Å². The minimum absolute atomic E-state index is 0.630. The first-order valence-electron chi connectivity index (χ1n) is 7.76. The molecule has 1 rings (SSSR count). The highest BCUT2D eigenvalue weighted by molar-refractivity contribution is 6.61. The van der Waals surface area contributed by atoms with Crippen LogP contribution in [0.1, 0.15) is 52.9 Å². The van der Waals surface area contributed by atoms with E-state index in [2.05, 4.69) is 11.9 Å². The lowest BCUT2D eigenvalue weighted by Gasteiger charge is -2.29. The van der Waals surface area contributed by atoms with Crippen molar-refractivity contribution in [2.75, 3.05) is 19.8 Å². The summed E-state index contributed by atoms with van der Waals surface area (Å²) in [6.45, 7) is 10.0. The van der Waals surface area contributed by atoms with Gasteiger partial charge >= 0.3 is 8.80 Å². The molecular formula is C14H30NO3Si. The van der Waals surface area contributed by atoms with Crippen LogP contribution < -0.4 is 5.32 Å². The van der Waals surface area contributed by atoms with E-state index in [0.29, 0.717) is 25.9 Å². The van der Waals surface area contributed by atoms with Crippen molar-refractivity contribution in [3.63, 3.8) is 0 Å². The Kier molecular flexibility index (Phi) is 8.90. The Morgan fingerprint density at radius 1 is 0.947 bits per heavy atom. The van der Waals surface area contributed by atoms with E-state index in [0.717, 1.165) is 6.04 Å². The molecule has 4 nitrogen and oxygen atoms in total. The quantitative estimate of drug-likeness (QED) is 0.627. The van der Waals surface area contributed by atoms with E-state index < -0.39 is 8.80 Å². The van der Waals surface area contributed by atoms with Crippen LogP contribution in [-0.2, 0) is 13.3 Å². The zero-order chi connectivity index (χ0) is 14.0. The van der Waals surface area contributed by atoms with Gasteiger partial charge in [0.1, 0.15) is 0 Å². The summed E-state index contributed by atoms with van der Waals surface area (Å²) in [6.07, 6.45) is 6.63. The third-order valence-corrected chi connectivity index (χ3v) is 6.29. The predicted octanol–water partition coefficient (Wildman–Crippen LogP) is 3.12. The Labute approximate surface area is 119 Å². The van der Waals surface area contributed by atoms with Gasteiger partial charge in [-0.2, -0.15) is 0 Å². The number of rotatable bonds is 10. The average Bonchev–Trinajstić information content (AvgIpc) is 2.41. The second-order valence-corrected chi connectivity index (χ2v) is 7.53. The maximum absolute atomic E-state index is 5.82. The largest absolute Gasteiger partial charge is 0.502 e. The molecule has 0 aromatic carbocycles. The zero-order valence-corrected chi connectivity index (χ0v) is 13.7. The fraction of sp³-hybridized carbons (Fsp3) is 0.929. The smallest absolute Gasteiger partial charge is 0.374 e. The van der Waals surface area contributed by atoms with Gasteiger partial charge in [-0.3, -0.25) is 0 Å². The van der Waals surface area contributed by atoms with Crippen molar-refractivity contribution in [3.05, 3.63) is 6.54 Å². The first-order chi connectivity index (χ1) is 9.26. The van der Waals surface area contributed by atoms with Gasteiger partial charge in [0, 0.05) is 38.5 Å². The summed E-state index contributed by atoms with van der Waals surface area (Å²) in [5.41, 5.74) is 0. The highest BCUT2D eigenvalue weighted by atomic mass is 28.4. The molecule has 1 saturated carbocycles. The second-order valence-electron chi connectivity index (χ2n) is 4.89. The minimum atomic E-state index is -2.50. The Balaban J connectivity index is 2.36. The summed E-state index contributed by atoms with van der Waals surface area (Å²) < 4.78 is 17.5. The summed E-state index contributed by atoms with van der Waals surface area (Å²) >= 11 is 0. The Bertz CT molecular complexity index is 206. The molecule has 0 atom stereocenters. The SMILES string of the molecule is CCO[Si](C[CH]NC1CCCCC1)(OCC)OCC. The van der Waals surface area contributed by atoms with Gasteiger partial charge in [0.15, 0.2) is 0 Å². The van der Waals surface area contributed by atoms with Crippen molar-refractivity contribution in [1.82, 2.24) is 5.32 Å². The fourth-order valence-electron chi connectivity index (χ4n) is 2.58. The number of nitrogens with one attached hydrogen (secondary N) is 1. The number of hydrogen-bond donors (Lipinski definition) is 1. The molecule has 0 unspecified atom stereocenters. The average molecular weight is 288 g/mol. The third kappa shape index (κ3) is 6.36. The molecule has 0 aliphatic heterocycles. The van der Waals surface area contributed by atoms with E-state index in [9.17, 15) is 0 Å². The Hall–Kier alpha value is 0.0569. The summed E-state index contributed by atoms with van der Waals surface area (Å²) in [6, 6.07) is 1.38. The molecule has 1 fully saturated rings. The maximum Gasteiger partial charge on any atom is 0.502 e. The normalized spacial score (nSPS) is 17.8. The standard InChI is InChI=1S/C14H30NO3Si/c1-4-16-19(17-5-2,18-6-3)13-12-15-14-10-8-7-9-11-14/h12,14-15H,4-11,13H2,1-3H3. The van der Waals surface area contributed by atoms with Gasteiger partial charge in [-0.1, -0.05) is 19.3 Å². The number of hydrogen-bond acceptors (Lipinski definition) is 4. The second kappa shape index (κ2) is 9.88. The molecule has 19 heavy (non-hydrogen) atoms. The molecule has 0 amide bonds. The molecule has 0 aromatic heterocycles. The molecular weight excluding hydrogens is 258 g/mol.